The molecule has 112 valence electrons. The number of rotatable bonds is 7. The van der Waals surface area contributed by atoms with Gasteiger partial charge in [-0.1, -0.05) is 51.4 Å². The molecular formula is C16H17BrClNOS. The first kappa shape index (κ1) is 16.8. The average Bonchev–Trinajstić information content (AvgIpc) is 2.48. The molecule has 2 nitrogen and oxygen atoms in total. The van der Waals surface area contributed by atoms with Crippen molar-refractivity contribution in [1.82, 2.24) is 5.32 Å². The molecule has 0 fully saturated rings. The molecule has 21 heavy (non-hydrogen) atoms. The van der Waals surface area contributed by atoms with E-state index >= 15 is 0 Å². The number of ether oxygens (including phenoxy) is 1. The first-order chi connectivity index (χ1) is 10.2. The lowest BCUT2D eigenvalue weighted by atomic mass is 10.2. The summed E-state index contributed by atoms with van der Waals surface area (Å²) in [6.07, 6.45) is 0. The van der Waals surface area contributed by atoms with E-state index in [1.54, 1.807) is 18.9 Å². The number of methoxy groups -OCH3 is 1. The summed E-state index contributed by atoms with van der Waals surface area (Å²) in [4.78, 5) is 2.27. The third-order valence-electron chi connectivity index (χ3n) is 2.88. The lowest BCUT2D eigenvalue weighted by Crippen LogP contribution is -2.18. The van der Waals surface area contributed by atoms with Gasteiger partial charge in [-0.3, -0.25) is 0 Å². The summed E-state index contributed by atoms with van der Waals surface area (Å²) >= 11 is 11.5. The quantitative estimate of drug-likeness (QED) is 0.677. The van der Waals surface area contributed by atoms with Crippen LogP contribution in [0.4, 0.5) is 0 Å². The molecule has 0 saturated carbocycles. The number of hydrogen-bond acceptors (Lipinski definition) is 3. The van der Waals surface area contributed by atoms with Crippen molar-refractivity contribution in [3.63, 3.8) is 0 Å². The van der Waals surface area contributed by atoms with Crippen LogP contribution >= 0.6 is 39.3 Å². The minimum absolute atomic E-state index is 0.709. The van der Waals surface area contributed by atoms with Crippen LogP contribution in [0.1, 0.15) is 5.56 Å². The molecule has 0 unspecified atom stereocenters. The van der Waals surface area contributed by atoms with Gasteiger partial charge in [-0.15, -0.1) is 0 Å². The summed E-state index contributed by atoms with van der Waals surface area (Å²) in [6.45, 7) is 2.34. The van der Waals surface area contributed by atoms with Crippen molar-refractivity contribution in [1.29, 1.82) is 0 Å². The molecule has 0 radical (unpaired) electrons. The smallest absolute Gasteiger partial charge is 0.0587 e. The van der Waals surface area contributed by atoms with Crippen molar-refractivity contribution >= 4 is 39.3 Å². The largest absolute Gasteiger partial charge is 0.383 e. The monoisotopic (exact) mass is 385 g/mol. The highest BCUT2D eigenvalue weighted by Crippen LogP contribution is 2.35. The molecular weight excluding hydrogens is 370 g/mol. The molecule has 0 atom stereocenters. The average molecular weight is 387 g/mol. The molecule has 2 rings (SSSR count). The van der Waals surface area contributed by atoms with Gasteiger partial charge in [-0.05, 0) is 35.9 Å². The van der Waals surface area contributed by atoms with E-state index in [1.807, 2.05) is 24.3 Å². The Kier molecular flexibility index (Phi) is 7.07. The fourth-order valence-electron chi connectivity index (χ4n) is 1.83. The molecule has 0 aromatic heterocycles. The topological polar surface area (TPSA) is 21.3 Å². The number of nitrogens with one attached hydrogen (secondary N) is 1. The summed E-state index contributed by atoms with van der Waals surface area (Å²) in [5, 5.41) is 4.16. The number of hydrogen-bond donors (Lipinski definition) is 1. The first-order valence-electron chi connectivity index (χ1n) is 6.61. The molecule has 5 heteroatoms. The van der Waals surface area contributed by atoms with Crippen LogP contribution in [0, 0.1) is 0 Å². The summed E-state index contributed by atoms with van der Waals surface area (Å²) in [5.74, 6) is 0. The van der Waals surface area contributed by atoms with Crippen molar-refractivity contribution in [3.8, 4) is 0 Å². The van der Waals surface area contributed by atoms with Crippen molar-refractivity contribution < 1.29 is 4.74 Å². The standard InChI is InChI=1S/C16H17BrClNOS/c1-20-9-8-19-11-12-10-13(17)6-7-15(12)21-16-5-3-2-4-14(16)18/h2-7,10,19H,8-9,11H2,1H3. The predicted molar refractivity (Wildman–Crippen MR) is 93.3 cm³/mol. The molecule has 0 spiro atoms. The first-order valence-corrected chi connectivity index (χ1v) is 8.60. The van der Waals surface area contributed by atoms with Crippen LogP contribution in [-0.4, -0.2) is 20.3 Å². The van der Waals surface area contributed by atoms with Crippen LogP contribution in [0.15, 0.2) is 56.7 Å². The third-order valence-corrected chi connectivity index (χ3v) is 5.01. The third kappa shape index (κ3) is 5.31. The van der Waals surface area contributed by atoms with E-state index in [0.717, 1.165) is 27.5 Å². The van der Waals surface area contributed by atoms with Gasteiger partial charge in [0.1, 0.15) is 0 Å². The van der Waals surface area contributed by atoms with E-state index in [0.29, 0.717) is 6.61 Å². The Balaban J connectivity index is 2.13. The molecule has 0 heterocycles. The second-order valence-electron chi connectivity index (χ2n) is 4.45. The Morgan fingerprint density at radius 3 is 2.76 bits per heavy atom. The molecule has 0 saturated heterocycles. The number of benzene rings is 2. The zero-order valence-corrected chi connectivity index (χ0v) is 14.9. The molecule has 2 aromatic carbocycles. The maximum atomic E-state index is 6.24. The minimum atomic E-state index is 0.709. The van der Waals surface area contributed by atoms with Crippen LogP contribution in [-0.2, 0) is 11.3 Å². The number of halogens is 2. The molecule has 0 aliphatic heterocycles. The lowest BCUT2D eigenvalue weighted by Gasteiger charge is -2.12. The van der Waals surface area contributed by atoms with Gasteiger partial charge in [0.25, 0.3) is 0 Å². The van der Waals surface area contributed by atoms with Gasteiger partial charge >= 0.3 is 0 Å². The summed E-state index contributed by atoms with van der Waals surface area (Å²) in [5.41, 5.74) is 1.24. The van der Waals surface area contributed by atoms with Crippen LogP contribution in [0.3, 0.4) is 0 Å². The van der Waals surface area contributed by atoms with E-state index in [4.69, 9.17) is 16.3 Å². The highest BCUT2D eigenvalue weighted by molar-refractivity contribution is 9.10. The van der Waals surface area contributed by atoms with Crippen LogP contribution in [0.2, 0.25) is 5.02 Å². The highest BCUT2D eigenvalue weighted by Gasteiger charge is 2.07. The van der Waals surface area contributed by atoms with Crippen molar-refractivity contribution in [2.75, 3.05) is 20.3 Å². The van der Waals surface area contributed by atoms with Gasteiger partial charge in [0.05, 0.1) is 11.6 Å². The molecule has 0 aliphatic rings. The molecule has 0 aliphatic carbocycles. The second-order valence-corrected chi connectivity index (χ2v) is 6.86. The fourth-order valence-corrected chi connectivity index (χ4v) is 3.44. The van der Waals surface area contributed by atoms with E-state index in [9.17, 15) is 0 Å². The minimum Gasteiger partial charge on any atom is -0.383 e. The Hall–Kier alpha value is -0.520. The maximum absolute atomic E-state index is 6.24. The molecule has 2 aromatic rings. The van der Waals surface area contributed by atoms with Crippen LogP contribution in [0.25, 0.3) is 0 Å². The SMILES string of the molecule is COCCNCc1cc(Br)ccc1Sc1ccccc1Cl. The van der Waals surface area contributed by atoms with E-state index in [2.05, 4.69) is 39.4 Å². The Bertz CT molecular complexity index is 594. The normalized spacial score (nSPS) is 10.8. The zero-order chi connectivity index (χ0) is 15.1. The van der Waals surface area contributed by atoms with Gasteiger partial charge in [0, 0.05) is 34.5 Å². The lowest BCUT2D eigenvalue weighted by molar-refractivity contribution is 0.199. The zero-order valence-electron chi connectivity index (χ0n) is 11.7. The van der Waals surface area contributed by atoms with E-state index in [1.165, 1.54) is 10.5 Å². The second kappa shape index (κ2) is 8.81. The van der Waals surface area contributed by atoms with E-state index in [-0.39, 0.29) is 0 Å². The van der Waals surface area contributed by atoms with Gasteiger partial charge in [0.15, 0.2) is 0 Å². The van der Waals surface area contributed by atoms with Crippen molar-refractivity contribution in [2.24, 2.45) is 0 Å². The maximum Gasteiger partial charge on any atom is 0.0587 e. The summed E-state index contributed by atoms with van der Waals surface area (Å²) < 4.78 is 6.13. The van der Waals surface area contributed by atoms with Gasteiger partial charge in [0.2, 0.25) is 0 Å². The Morgan fingerprint density at radius 1 is 1.19 bits per heavy atom. The molecule has 0 bridgehead atoms. The van der Waals surface area contributed by atoms with Crippen molar-refractivity contribution in [3.05, 3.63) is 57.5 Å². The summed E-state index contributed by atoms with van der Waals surface area (Å²) in [7, 11) is 1.71. The Morgan fingerprint density at radius 2 is 2.00 bits per heavy atom. The van der Waals surface area contributed by atoms with Gasteiger partial charge < -0.3 is 10.1 Å². The van der Waals surface area contributed by atoms with E-state index < -0.39 is 0 Å². The fraction of sp³-hybridized carbons (Fsp3) is 0.250. The Labute approximate surface area is 143 Å². The van der Waals surface area contributed by atoms with Gasteiger partial charge in [-0.25, -0.2) is 0 Å². The van der Waals surface area contributed by atoms with Crippen LogP contribution < -0.4 is 5.32 Å². The predicted octanol–water partition coefficient (Wildman–Crippen LogP) is 4.99. The summed E-state index contributed by atoms with van der Waals surface area (Å²) in [6, 6.07) is 14.2. The highest BCUT2D eigenvalue weighted by atomic mass is 79.9. The van der Waals surface area contributed by atoms with Crippen molar-refractivity contribution in [2.45, 2.75) is 16.3 Å². The molecule has 1 N–H and O–H groups in total. The molecule has 0 amide bonds. The van der Waals surface area contributed by atoms with Gasteiger partial charge in [-0.2, -0.15) is 0 Å². The van der Waals surface area contributed by atoms with Crippen LogP contribution in [0.5, 0.6) is 0 Å².